The molecule has 152 valence electrons. The van der Waals surface area contributed by atoms with E-state index in [1.54, 1.807) is 23.5 Å². The van der Waals surface area contributed by atoms with Crippen LogP contribution in [0.15, 0.2) is 47.3 Å². The first-order valence-corrected chi connectivity index (χ1v) is 11.4. The molecule has 0 amide bonds. The number of nitrogens with one attached hydrogen (secondary N) is 1. The number of ether oxygens (including phenoxy) is 1. The van der Waals surface area contributed by atoms with Crippen LogP contribution in [0.4, 0.5) is 0 Å². The Morgan fingerprint density at radius 1 is 1.10 bits per heavy atom. The highest BCUT2D eigenvalue weighted by molar-refractivity contribution is 7.18. The Kier molecular flexibility index (Phi) is 5.27. The van der Waals surface area contributed by atoms with Crippen molar-refractivity contribution >= 4 is 44.8 Å². The van der Waals surface area contributed by atoms with Gasteiger partial charge in [-0.2, -0.15) is 0 Å². The fraction of sp³-hybridized carbons (Fsp3) is 0.217. The van der Waals surface area contributed by atoms with Gasteiger partial charge in [0.25, 0.3) is 5.56 Å². The Hall–Kier alpha value is -2.34. The van der Waals surface area contributed by atoms with Crippen LogP contribution < -0.4 is 10.3 Å². The zero-order chi connectivity index (χ0) is 20.7. The summed E-state index contributed by atoms with van der Waals surface area (Å²) in [7, 11) is 0. The smallest absolute Gasteiger partial charge is 0.260 e. The lowest BCUT2D eigenvalue weighted by atomic mass is 9.97. The molecule has 0 atom stereocenters. The highest BCUT2D eigenvalue weighted by Gasteiger charge is 2.20. The molecule has 4 aromatic rings. The monoisotopic (exact) mass is 456 g/mol. The number of aromatic nitrogens is 2. The van der Waals surface area contributed by atoms with Crippen LogP contribution in [0.25, 0.3) is 21.6 Å². The molecule has 2 aromatic heterocycles. The van der Waals surface area contributed by atoms with Crippen molar-refractivity contribution in [3.05, 3.63) is 78.9 Å². The van der Waals surface area contributed by atoms with Gasteiger partial charge in [0.1, 0.15) is 23.0 Å². The first-order valence-electron chi connectivity index (χ1n) is 9.80. The van der Waals surface area contributed by atoms with E-state index in [1.807, 2.05) is 30.3 Å². The molecule has 1 aliphatic rings. The van der Waals surface area contributed by atoms with Gasteiger partial charge in [-0.25, -0.2) is 4.98 Å². The van der Waals surface area contributed by atoms with Crippen LogP contribution in [0, 0.1) is 0 Å². The van der Waals surface area contributed by atoms with Crippen LogP contribution >= 0.6 is 34.5 Å². The third-order valence-corrected chi connectivity index (χ3v) is 7.11. The van der Waals surface area contributed by atoms with E-state index in [9.17, 15) is 4.79 Å². The normalized spacial score (nSPS) is 13.4. The lowest BCUT2D eigenvalue weighted by Gasteiger charge is -2.10. The Balaban J connectivity index is 1.45. The largest absolute Gasteiger partial charge is 0.489 e. The third kappa shape index (κ3) is 3.73. The summed E-state index contributed by atoms with van der Waals surface area (Å²) in [5.74, 6) is 1.23. The number of halogens is 2. The Labute approximate surface area is 187 Å². The van der Waals surface area contributed by atoms with Crippen molar-refractivity contribution in [2.45, 2.75) is 32.3 Å². The second kappa shape index (κ2) is 8.06. The molecule has 0 fully saturated rings. The number of hydrogen-bond acceptors (Lipinski definition) is 4. The predicted octanol–water partition coefficient (Wildman–Crippen LogP) is 6.42. The highest BCUT2D eigenvalue weighted by atomic mass is 35.5. The van der Waals surface area contributed by atoms with Gasteiger partial charge in [0.2, 0.25) is 0 Å². The van der Waals surface area contributed by atoms with E-state index in [4.69, 9.17) is 32.9 Å². The van der Waals surface area contributed by atoms with Crippen LogP contribution in [-0.2, 0) is 19.4 Å². The molecule has 0 saturated heterocycles. The lowest BCUT2D eigenvalue weighted by molar-refractivity contribution is 0.306. The van der Waals surface area contributed by atoms with Crippen LogP contribution in [-0.4, -0.2) is 9.97 Å². The standard InChI is InChI=1S/C23H18Cl2N2O2S/c24-15-9-8-14(18(25)11-15)12-29-16-5-3-4-13(10-16)21-26-22(28)20-17-6-1-2-7-19(17)30-23(20)27-21/h3-5,8-11H,1-2,6-7,12H2,(H,26,27,28). The van der Waals surface area contributed by atoms with Crippen molar-refractivity contribution in [3.63, 3.8) is 0 Å². The van der Waals surface area contributed by atoms with Gasteiger partial charge in [-0.15, -0.1) is 11.3 Å². The van der Waals surface area contributed by atoms with Gasteiger partial charge in [0.15, 0.2) is 0 Å². The molecular formula is C23H18Cl2N2O2S. The van der Waals surface area contributed by atoms with Crippen LogP contribution in [0.3, 0.4) is 0 Å². The number of hydrogen-bond donors (Lipinski definition) is 1. The van der Waals surface area contributed by atoms with Crippen molar-refractivity contribution in [2.24, 2.45) is 0 Å². The quantitative estimate of drug-likeness (QED) is 0.385. The molecule has 0 bridgehead atoms. The number of fused-ring (bicyclic) bond motifs is 3. The molecular weight excluding hydrogens is 439 g/mol. The molecule has 0 unspecified atom stereocenters. The van der Waals surface area contributed by atoms with E-state index in [1.165, 1.54) is 16.9 Å². The predicted molar refractivity (Wildman–Crippen MR) is 123 cm³/mol. The number of H-pyrrole nitrogens is 1. The van der Waals surface area contributed by atoms with E-state index in [0.717, 1.165) is 40.6 Å². The summed E-state index contributed by atoms with van der Waals surface area (Å²) in [6.45, 7) is 0.320. The molecule has 7 heteroatoms. The molecule has 30 heavy (non-hydrogen) atoms. The van der Waals surface area contributed by atoms with Crippen molar-refractivity contribution in [1.82, 2.24) is 9.97 Å². The number of aromatic amines is 1. The minimum absolute atomic E-state index is 0.0614. The maximum absolute atomic E-state index is 12.8. The second-order valence-corrected chi connectivity index (χ2v) is 9.29. The Morgan fingerprint density at radius 3 is 2.83 bits per heavy atom. The van der Waals surface area contributed by atoms with Gasteiger partial charge in [-0.05, 0) is 55.5 Å². The summed E-state index contributed by atoms with van der Waals surface area (Å²) in [5.41, 5.74) is 2.79. The van der Waals surface area contributed by atoms with Gasteiger partial charge in [0, 0.05) is 26.0 Å². The van der Waals surface area contributed by atoms with Gasteiger partial charge in [0.05, 0.1) is 5.39 Å². The fourth-order valence-electron chi connectivity index (χ4n) is 3.83. The summed E-state index contributed by atoms with van der Waals surface area (Å²) in [6.07, 6.45) is 4.33. The molecule has 0 radical (unpaired) electrons. The average molecular weight is 457 g/mol. The van der Waals surface area contributed by atoms with E-state index in [-0.39, 0.29) is 5.56 Å². The first-order chi connectivity index (χ1) is 14.6. The minimum Gasteiger partial charge on any atom is -0.489 e. The average Bonchev–Trinajstić information content (AvgIpc) is 3.12. The minimum atomic E-state index is -0.0614. The molecule has 5 rings (SSSR count). The summed E-state index contributed by atoms with van der Waals surface area (Å²) < 4.78 is 5.91. The highest BCUT2D eigenvalue weighted by Crippen LogP contribution is 2.34. The number of benzene rings is 2. The topological polar surface area (TPSA) is 55.0 Å². The Morgan fingerprint density at radius 2 is 1.97 bits per heavy atom. The van der Waals surface area contributed by atoms with Crippen molar-refractivity contribution in [2.75, 3.05) is 0 Å². The number of aryl methyl sites for hydroxylation is 2. The van der Waals surface area contributed by atoms with Gasteiger partial charge < -0.3 is 9.72 Å². The van der Waals surface area contributed by atoms with Crippen molar-refractivity contribution in [1.29, 1.82) is 0 Å². The molecule has 0 spiro atoms. The summed E-state index contributed by atoms with van der Waals surface area (Å²) in [5, 5.41) is 1.92. The van der Waals surface area contributed by atoms with Crippen LogP contribution in [0.5, 0.6) is 5.75 Å². The number of nitrogens with zero attached hydrogens (tertiary/aromatic N) is 1. The van der Waals surface area contributed by atoms with Crippen LogP contribution in [0.1, 0.15) is 28.8 Å². The Bertz CT molecular complexity index is 1310. The zero-order valence-electron chi connectivity index (χ0n) is 16.0. The van der Waals surface area contributed by atoms with E-state index >= 15 is 0 Å². The van der Waals surface area contributed by atoms with Crippen molar-refractivity contribution in [3.8, 4) is 17.1 Å². The molecule has 1 aliphatic carbocycles. The van der Waals surface area contributed by atoms with E-state index < -0.39 is 0 Å². The first kappa shape index (κ1) is 19.6. The molecule has 4 nitrogen and oxygen atoms in total. The summed E-state index contributed by atoms with van der Waals surface area (Å²) >= 11 is 13.8. The summed E-state index contributed by atoms with van der Waals surface area (Å²) in [4.78, 5) is 22.7. The molecule has 2 heterocycles. The number of thiophene rings is 1. The van der Waals surface area contributed by atoms with Crippen LogP contribution in [0.2, 0.25) is 10.0 Å². The fourth-order valence-corrected chi connectivity index (χ4v) is 5.56. The molecule has 2 aromatic carbocycles. The lowest BCUT2D eigenvalue weighted by Crippen LogP contribution is -2.11. The van der Waals surface area contributed by atoms with Gasteiger partial charge in [-0.1, -0.05) is 41.4 Å². The third-order valence-electron chi connectivity index (χ3n) is 5.34. The number of rotatable bonds is 4. The second-order valence-electron chi connectivity index (χ2n) is 7.36. The zero-order valence-corrected chi connectivity index (χ0v) is 18.3. The molecule has 0 saturated carbocycles. The molecule has 0 aliphatic heterocycles. The maximum atomic E-state index is 12.8. The maximum Gasteiger partial charge on any atom is 0.260 e. The van der Waals surface area contributed by atoms with E-state index in [2.05, 4.69) is 4.98 Å². The van der Waals surface area contributed by atoms with Gasteiger partial charge >= 0.3 is 0 Å². The summed E-state index contributed by atoms with van der Waals surface area (Å²) in [6, 6.07) is 12.9. The van der Waals surface area contributed by atoms with E-state index in [0.29, 0.717) is 28.2 Å². The SMILES string of the molecule is O=c1[nH]c(-c2cccc(OCc3ccc(Cl)cc3Cl)c2)nc2sc3c(c12)CCCC3. The van der Waals surface area contributed by atoms with Crippen molar-refractivity contribution < 1.29 is 4.74 Å². The molecule has 1 N–H and O–H groups in total. The van der Waals surface area contributed by atoms with Gasteiger partial charge in [-0.3, -0.25) is 4.79 Å².